The Bertz CT molecular complexity index is 1260. The minimum atomic E-state index is -5.42. The standard InChI is InChI=1S/C17H20F2N2O12P2/c18-17(19,10-4-2-1-3-5-10)9-21-12(22)6-7-20(16(21)25)15-14(24)13(23)11(32-15)8-31-35(29,30)33-34(26,27)28/h1-7,11,13-15,23-24H,8-9H2,(H,29,30)(H2,26,27,28)/t11?,13?,14-,15?/m0/s1. The fourth-order valence-corrected chi connectivity index (χ4v) is 4.86. The third-order valence-electron chi connectivity index (χ3n) is 4.87. The Balaban J connectivity index is 1.82. The minimum Gasteiger partial charge on any atom is -0.387 e. The average Bonchev–Trinajstić information content (AvgIpc) is 3.03. The molecule has 1 aliphatic rings. The maximum Gasteiger partial charge on any atom is 0.481 e. The van der Waals surface area contributed by atoms with Crippen LogP contribution >= 0.6 is 15.6 Å². The van der Waals surface area contributed by atoms with Crippen LogP contribution in [-0.2, 0) is 35.2 Å². The molecule has 18 heteroatoms. The van der Waals surface area contributed by atoms with Crippen molar-refractivity contribution < 1.29 is 56.4 Å². The number of aliphatic hydroxyl groups is 2. The molecule has 194 valence electrons. The van der Waals surface area contributed by atoms with Crippen molar-refractivity contribution in [3.05, 3.63) is 69.0 Å². The van der Waals surface area contributed by atoms with Crippen LogP contribution in [0.2, 0.25) is 0 Å². The molecule has 0 saturated carbocycles. The van der Waals surface area contributed by atoms with Crippen molar-refractivity contribution in [1.82, 2.24) is 9.13 Å². The predicted octanol–water partition coefficient (Wildman–Crippen LogP) is -0.353. The number of phosphoric ester groups is 1. The number of phosphoric acid groups is 2. The first-order valence-electron chi connectivity index (χ1n) is 9.62. The lowest BCUT2D eigenvalue weighted by Gasteiger charge is -2.21. The van der Waals surface area contributed by atoms with Gasteiger partial charge in [0.1, 0.15) is 18.3 Å². The van der Waals surface area contributed by atoms with Gasteiger partial charge < -0.3 is 29.6 Å². The number of hydrogen-bond donors (Lipinski definition) is 5. The quantitative estimate of drug-likeness (QED) is 0.257. The Hall–Kier alpha value is -2.10. The van der Waals surface area contributed by atoms with E-state index in [1.165, 1.54) is 18.2 Å². The van der Waals surface area contributed by atoms with E-state index in [1.54, 1.807) is 0 Å². The van der Waals surface area contributed by atoms with Crippen molar-refractivity contribution >= 4 is 15.6 Å². The van der Waals surface area contributed by atoms with Crippen LogP contribution in [0.1, 0.15) is 11.8 Å². The highest BCUT2D eigenvalue weighted by Gasteiger charge is 2.46. The first-order chi connectivity index (χ1) is 16.1. The zero-order valence-corrected chi connectivity index (χ0v) is 19.2. The Morgan fingerprint density at radius 1 is 1.03 bits per heavy atom. The Kier molecular flexibility index (Phi) is 7.94. The zero-order chi connectivity index (χ0) is 26.2. The van der Waals surface area contributed by atoms with Crippen LogP contribution in [0.4, 0.5) is 8.78 Å². The van der Waals surface area contributed by atoms with Crippen LogP contribution in [0.15, 0.2) is 52.2 Å². The summed E-state index contributed by atoms with van der Waals surface area (Å²) in [6.07, 6.45) is -6.31. The Morgan fingerprint density at radius 2 is 1.66 bits per heavy atom. The first-order valence-corrected chi connectivity index (χ1v) is 12.6. The molecule has 2 heterocycles. The number of ether oxygens (including phenoxy) is 1. The monoisotopic (exact) mass is 544 g/mol. The highest BCUT2D eigenvalue weighted by atomic mass is 31.3. The van der Waals surface area contributed by atoms with E-state index < -0.39 is 76.1 Å². The van der Waals surface area contributed by atoms with Crippen LogP contribution in [0.25, 0.3) is 0 Å². The van der Waals surface area contributed by atoms with Crippen molar-refractivity contribution in [2.75, 3.05) is 6.61 Å². The number of aromatic nitrogens is 2. The molecular weight excluding hydrogens is 524 g/mol. The van der Waals surface area contributed by atoms with Gasteiger partial charge in [-0.05, 0) is 0 Å². The summed E-state index contributed by atoms with van der Waals surface area (Å²) in [5.41, 5.74) is -2.85. The first kappa shape index (κ1) is 27.5. The second kappa shape index (κ2) is 10.1. The van der Waals surface area contributed by atoms with Gasteiger partial charge in [0.2, 0.25) is 0 Å². The van der Waals surface area contributed by atoms with Gasteiger partial charge in [-0.15, -0.1) is 0 Å². The van der Waals surface area contributed by atoms with Crippen LogP contribution < -0.4 is 11.2 Å². The van der Waals surface area contributed by atoms with Crippen molar-refractivity contribution in [2.45, 2.75) is 37.0 Å². The summed E-state index contributed by atoms with van der Waals surface area (Å²) >= 11 is 0. The molecule has 0 amide bonds. The summed E-state index contributed by atoms with van der Waals surface area (Å²) < 4.78 is 65.5. The molecule has 5 N–H and O–H groups in total. The smallest absolute Gasteiger partial charge is 0.387 e. The van der Waals surface area contributed by atoms with Crippen LogP contribution in [0.5, 0.6) is 0 Å². The second-order valence-corrected chi connectivity index (χ2v) is 10.2. The minimum absolute atomic E-state index is 0.203. The van der Waals surface area contributed by atoms with Gasteiger partial charge in [0, 0.05) is 17.8 Å². The van der Waals surface area contributed by atoms with Gasteiger partial charge in [-0.2, -0.15) is 13.1 Å². The maximum absolute atomic E-state index is 14.7. The van der Waals surface area contributed by atoms with Gasteiger partial charge in [0.05, 0.1) is 13.2 Å². The molecule has 0 spiro atoms. The van der Waals surface area contributed by atoms with Gasteiger partial charge in [0.15, 0.2) is 6.23 Å². The lowest BCUT2D eigenvalue weighted by Crippen LogP contribution is -2.45. The van der Waals surface area contributed by atoms with E-state index in [2.05, 4.69) is 8.83 Å². The molecule has 4 unspecified atom stereocenters. The van der Waals surface area contributed by atoms with E-state index in [4.69, 9.17) is 14.5 Å². The van der Waals surface area contributed by atoms with Gasteiger partial charge in [-0.25, -0.2) is 13.9 Å². The van der Waals surface area contributed by atoms with Crippen molar-refractivity contribution in [1.29, 1.82) is 0 Å². The number of nitrogens with zero attached hydrogens (tertiary/aromatic N) is 2. The largest absolute Gasteiger partial charge is 0.481 e. The molecule has 0 radical (unpaired) electrons. The van der Waals surface area contributed by atoms with Gasteiger partial charge in [-0.3, -0.25) is 18.5 Å². The summed E-state index contributed by atoms with van der Waals surface area (Å²) in [7, 11) is -10.7. The number of alkyl halides is 2. The predicted molar refractivity (Wildman–Crippen MR) is 110 cm³/mol. The molecule has 0 aliphatic carbocycles. The summed E-state index contributed by atoms with van der Waals surface area (Å²) in [6.45, 7) is -2.39. The number of halogens is 2. The average molecular weight is 544 g/mol. The number of aliphatic hydroxyl groups excluding tert-OH is 2. The van der Waals surface area contributed by atoms with Crippen molar-refractivity contribution in [3.63, 3.8) is 0 Å². The SMILES string of the molecule is O=c1ccn(C2OC(COP(=O)(O)OP(=O)(O)O)C(O)[C@@H]2O)c(=O)n1CC(F)(F)c1ccccc1. The van der Waals surface area contributed by atoms with Crippen molar-refractivity contribution in [3.8, 4) is 0 Å². The lowest BCUT2D eigenvalue weighted by molar-refractivity contribution is -0.0569. The number of rotatable bonds is 9. The third-order valence-corrected chi connectivity index (χ3v) is 7.02. The van der Waals surface area contributed by atoms with Crippen LogP contribution in [-0.4, -0.2) is 58.9 Å². The topological polar surface area (TPSA) is 207 Å². The molecule has 35 heavy (non-hydrogen) atoms. The van der Waals surface area contributed by atoms with E-state index >= 15 is 0 Å². The van der Waals surface area contributed by atoms with E-state index in [1.807, 2.05) is 0 Å². The Morgan fingerprint density at radius 3 is 2.26 bits per heavy atom. The summed E-state index contributed by atoms with van der Waals surface area (Å²) in [4.78, 5) is 51.5. The normalized spacial score (nSPS) is 24.9. The maximum atomic E-state index is 14.7. The molecule has 2 aromatic rings. The Labute approximate surface area is 194 Å². The van der Waals surface area contributed by atoms with E-state index in [-0.39, 0.29) is 4.57 Å². The summed E-state index contributed by atoms with van der Waals surface area (Å²) in [5, 5.41) is 20.4. The fraction of sp³-hybridized carbons (Fsp3) is 0.412. The molecule has 0 bridgehead atoms. The molecule has 14 nitrogen and oxygen atoms in total. The van der Waals surface area contributed by atoms with E-state index in [0.29, 0.717) is 4.57 Å². The fourth-order valence-electron chi connectivity index (χ4n) is 3.26. The molecule has 1 aromatic heterocycles. The van der Waals surface area contributed by atoms with E-state index in [9.17, 15) is 42.6 Å². The van der Waals surface area contributed by atoms with Crippen molar-refractivity contribution in [2.24, 2.45) is 0 Å². The van der Waals surface area contributed by atoms with Crippen LogP contribution in [0.3, 0.4) is 0 Å². The molecular formula is C17H20F2N2O12P2. The van der Waals surface area contributed by atoms with Crippen LogP contribution in [0, 0.1) is 0 Å². The molecule has 1 aliphatic heterocycles. The molecule has 3 rings (SSSR count). The molecule has 1 aromatic carbocycles. The van der Waals surface area contributed by atoms with Gasteiger partial charge in [0.25, 0.3) is 11.5 Å². The number of hydrogen-bond acceptors (Lipinski definition) is 9. The number of benzene rings is 1. The summed E-state index contributed by atoms with van der Waals surface area (Å²) in [6, 6.07) is 7.15. The van der Waals surface area contributed by atoms with E-state index in [0.717, 1.165) is 24.4 Å². The molecule has 1 saturated heterocycles. The third kappa shape index (κ3) is 6.57. The lowest BCUT2D eigenvalue weighted by atomic mass is 10.1. The second-order valence-electron chi connectivity index (χ2n) is 7.38. The molecule has 1 fully saturated rings. The highest BCUT2D eigenvalue weighted by Crippen LogP contribution is 2.57. The van der Waals surface area contributed by atoms with Gasteiger partial charge >= 0.3 is 21.3 Å². The highest BCUT2D eigenvalue weighted by molar-refractivity contribution is 7.60. The van der Waals surface area contributed by atoms with Gasteiger partial charge in [-0.1, -0.05) is 30.3 Å². The zero-order valence-electron chi connectivity index (χ0n) is 17.4. The molecule has 5 atom stereocenters. The summed E-state index contributed by atoms with van der Waals surface area (Å²) in [5.74, 6) is -3.63.